The molecule has 4 nitrogen and oxygen atoms in total. The molecule has 0 aliphatic rings. The Morgan fingerprint density at radius 3 is 2.44 bits per heavy atom. The molecule has 102 valence electrons. The van der Waals surface area contributed by atoms with E-state index in [9.17, 15) is 13.2 Å². The number of carbonyl (C=O) groups is 1. The Labute approximate surface area is 112 Å². The number of hydrogen-bond acceptors (Lipinski definition) is 4. The Morgan fingerprint density at radius 2 is 2.00 bits per heavy atom. The fourth-order valence-electron chi connectivity index (χ4n) is 1.29. The Morgan fingerprint density at radius 1 is 1.39 bits per heavy atom. The van der Waals surface area contributed by atoms with Gasteiger partial charge in [-0.1, -0.05) is 0 Å². The first-order chi connectivity index (χ1) is 8.15. The molecule has 0 radical (unpaired) electrons. The van der Waals surface area contributed by atoms with Crippen molar-refractivity contribution in [2.45, 2.75) is 32.4 Å². The standard InChI is InChI=1S/C12H19NO3S2/c1-9-5-7-17-10(9)11(14)13-6-8-18(15,16)12(2,3)4/h5,7H,6,8H2,1-4H3,(H,13,14). The molecule has 1 heterocycles. The molecule has 0 aliphatic heterocycles. The van der Waals surface area contributed by atoms with E-state index < -0.39 is 14.6 Å². The summed E-state index contributed by atoms with van der Waals surface area (Å²) in [5.74, 6) is -0.237. The van der Waals surface area contributed by atoms with Crippen LogP contribution in [0.25, 0.3) is 0 Å². The quantitative estimate of drug-likeness (QED) is 0.922. The molecule has 1 N–H and O–H groups in total. The van der Waals surface area contributed by atoms with E-state index in [2.05, 4.69) is 5.32 Å². The van der Waals surface area contributed by atoms with Crippen LogP contribution in [-0.2, 0) is 9.84 Å². The average Bonchev–Trinajstić information content (AvgIpc) is 2.62. The lowest BCUT2D eigenvalue weighted by molar-refractivity contribution is 0.0959. The minimum atomic E-state index is -3.18. The minimum absolute atomic E-state index is 0.0351. The van der Waals surface area contributed by atoms with E-state index in [0.29, 0.717) is 4.88 Å². The molecule has 6 heteroatoms. The molecule has 0 saturated heterocycles. The predicted molar refractivity (Wildman–Crippen MR) is 74.9 cm³/mol. The maximum atomic E-state index is 11.8. The van der Waals surface area contributed by atoms with Gasteiger partial charge in [0.2, 0.25) is 0 Å². The van der Waals surface area contributed by atoms with E-state index in [1.54, 1.807) is 20.8 Å². The third-order valence-corrected chi connectivity index (χ3v) is 6.28. The Bertz CT molecular complexity index is 524. The van der Waals surface area contributed by atoms with Crippen LogP contribution in [0.2, 0.25) is 0 Å². The number of carbonyl (C=O) groups excluding carboxylic acids is 1. The van der Waals surface area contributed by atoms with Gasteiger partial charge in [-0.3, -0.25) is 4.79 Å². The molecule has 1 aromatic rings. The van der Waals surface area contributed by atoms with Gasteiger partial charge >= 0.3 is 0 Å². The second-order valence-electron chi connectivity index (χ2n) is 5.12. The molecule has 1 amide bonds. The van der Waals surface area contributed by atoms with Crippen molar-refractivity contribution >= 4 is 27.1 Å². The SMILES string of the molecule is Cc1ccsc1C(=O)NCCS(=O)(=O)C(C)(C)C. The summed E-state index contributed by atoms with van der Waals surface area (Å²) in [4.78, 5) is 12.4. The van der Waals surface area contributed by atoms with Crippen LogP contribution in [0, 0.1) is 6.92 Å². The zero-order chi connectivity index (χ0) is 14.0. The summed E-state index contributed by atoms with van der Waals surface area (Å²) >= 11 is 1.36. The second kappa shape index (κ2) is 5.40. The third-order valence-electron chi connectivity index (χ3n) is 2.66. The Balaban J connectivity index is 2.54. The smallest absolute Gasteiger partial charge is 0.261 e. The lowest BCUT2D eigenvalue weighted by Gasteiger charge is -2.19. The number of sulfone groups is 1. The molecular weight excluding hydrogens is 270 g/mol. The van der Waals surface area contributed by atoms with Crippen LogP contribution >= 0.6 is 11.3 Å². The first kappa shape index (κ1) is 15.2. The fraction of sp³-hybridized carbons (Fsp3) is 0.583. The predicted octanol–water partition coefficient (Wildman–Crippen LogP) is 2.00. The van der Waals surface area contributed by atoms with Crippen molar-refractivity contribution in [1.82, 2.24) is 5.32 Å². The number of amides is 1. The molecule has 18 heavy (non-hydrogen) atoms. The van der Waals surface area contributed by atoms with E-state index >= 15 is 0 Å². The van der Waals surface area contributed by atoms with Gasteiger partial charge in [-0.2, -0.15) is 0 Å². The highest BCUT2D eigenvalue weighted by molar-refractivity contribution is 7.92. The Kier molecular flexibility index (Phi) is 4.55. The third kappa shape index (κ3) is 3.55. The molecule has 1 aromatic heterocycles. The largest absolute Gasteiger partial charge is 0.350 e. The van der Waals surface area contributed by atoms with Crippen LogP contribution in [0.5, 0.6) is 0 Å². The van der Waals surface area contributed by atoms with Gasteiger partial charge < -0.3 is 5.32 Å². The first-order valence-electron chi connectivity index (χ1n) is 5.70. The van der Waals surface area contributed by atoms with E-state index in [0.717, 1.165) is 5.56 Å². The van der Waals surface area contributed by atoms with Crippen molar-refractivity contribution in [3.63, 3.8) is 0 Å². The summed E-state index contributed by atoms with van der Waals surface area (Å²) in [5, 5.41) is 4.49. The van der Waals surface area contributed by atoms with Gasteiger partial charge in [0.15, 0.2) is 9.84 Å². The maximum absolute atomic E-state index is 11.8. The second-order valence-corrected chi connectivity index (χ2v) is 8.90. The summed E-state index contributed by atoms with van der Waals surface area (Å²) in [6, 6.07) is 1.87. The molecule has 1 rings (SSSR count). The number of thiophene rings is 1. The van der Waals surface area contributed by atoms with Gasteiger partial charge in [0, 0.05) is 6.54 Å². The summed E-state index contributed by atoms with van der Waals surface area (Å²) in [6.07, 6.45) is 0. The van der Waals surface area contributed by atoms with Crippen LogP contribution in [0.4, 0.5) is 0 Å². The number of rotatable bonds is 4. The normalized spacial score (nSPS) is 12.4. The summed E-state index contributed by atoms with van der Waals surface area (Å²) in [6.45, 7) is 6.99. The van der Waals surface area contributed by atoms with Gasteiger partial charge in [-0.05, 0) is 44.7 Å². The van der Waals surface area contributed by atoms with Gasteiger partial charge in [0.05, 0.1) is 15.4 Å². The summed E-state index contributed by atoms with van der Waals surface area (Å²) < 4.78 is 22.9. The van der Waals surface area contributed by atoms with Crippen LogP contribution in [-0.4, -0.2) is 31.4 Å². The number of aryl methyl sites for hydroxylation is 1. The van der Waals surface area contributed by atoms with E-state index in [-0.39, 0.29) is 18.2 Å². The molecule has 0 fully saturated rings. The zero-order valence-electron chi connectivity index (χ0n) is 11.1. The van der Waals surface area contributed by atoms with E-state index in [1.165, 1.54) is 11.3 Å². The fourth-order valence-corrected chi connectivity index (χ4v) is 3.12. The average molecular weight is 289 g/mol. The minimum Gasteiger partial charge on any atom is -0.350 e. The molecule has 0 aliphatic carbocycles. The molecule has 0 saturated carbocycles. The number of hydrogen-bond donors (Lipinski definition) is 1. The van der Waals surface area contributed by atoms with Crippen molar-refractivity contribution in [2.24, 2.45) is 0 Å². The Hall–Kier alpha value is -0.880. The topological polar surface area (TPSA) is 63.2 Å². The van der Waals surface area contributed by atoms with Crippen molar-refractivity contribution in [3.05, 3.63) is 21.9 Å². The molecule has 0 spiro atoms. The lowest BCUT2D eigenvalue weighted by Crippen LogP contribution is -2.36. The van der Waals surface area contributed by atoms with Crippen LogP contribution in [0.15, 0.2) is 11.4 Å². The van der Waals surface area contributed by atoms with E-state index in [1.807, 2.05) is 18.4 Å². The van der Waals surface area contributed by atoms with Gasteiger partial charge in [-0.15, -0.1) is 11.3 Å². The molecule has 0 aromatic carbocycles. The summed E-state index contributed by atoms with van der Waals surface area (Å²) in [7, 11) is -3.18. The molecule has 0 atom stereocenters. The molecular formula is C12H19NO3S2. The van der Waals surface area contributed by atoms with Gasteiger partial charge in [0.1, 0.15) is 0 Å². The highest BCUT2D eigenvalue weighted by atomic mass is 32.2. The molecule has 0 bridgehead atoms. The van der Waals surface area contributed by atoms with Crippen molar-refractivity contribution in [2.75, 3.05) is 12.3 Å². The summed E-state index contributed by atoms with van der Waals surface area (Å²) in [5.41, 5.74) is 0.913. The van der Waals surface area contributed by atoms with Gasteiger partial charge in [0.25, 0.3) is 5.91 Å². The highest BCUT2D eigenvalue weighted by Crippen LogP contribution is 2.16. The lowest BCUT2D eigenvalue weighted by atomic mass is 10.3. The van der Waals surface area contributed by atoms with Gasteiger partial charge in [-0.25, -0.2) is 8.42 Å². The zero-order valence-corrected chi connectivity index (χ0v) is 12.7. The first-order valence-corrected chi connectivity index (χ1v) is 8.23. The highest BCUT2D eigenvalue weighted by Gasteiger charge is 2.28. The van der Waals surface area contributed by atoms with Crippen LogP contribution in [0.1, 0.15) is 36.0 Å². The maximum Gasteiger partial charge on any atom is 0.261 e. The number of nitrogens with one attached hydrogen (secondary N) is 1. The van der Waals surface area contributed by atoms with E-state index in [4.69, 9.17) is 0 Å². The van der Waals surface area contributed by atoms with Crippen molar-refractivity contribution in [1.29, 1.82) is 0 Å². The van der Waals surface area contributed by atoms with Crippen LogP contribution in [0.3, 0.4) is 0 Å². The molecule has 0 unspecified atom stereocenters. The van der Waals surface area contributed by atoms with Crippen molar-refractivity contribution in [3.8, 4) is 0 Å². The van der Waals surface area contributed by atoms with Crippen LogP contribution < -0.4 is 5.32 Å². The van der Waals surface area contributed by atoms with Crippen molar-refractivity contribution < 1.29 is 13.2 Å². The monoisotopic (exact) mass is 289 g/mol.